The third-order valence-electron chi connectivity index (χ3n) is 8.09. The summed E-state index contributed by atoms with van der Waals surface area (Å²) in [6.07, 6.45) is 24.7. The van der Waals surface area contributed by atoms with E-state index in [2.05, 4.69) is 43.8 Å². The lowest BCUT2D eigenvalue weighted by atomic mass is 9.76. The Kier molecular flexibility index (Phi) is 9.84. The van der Waals surface area contributed by atoms with Crippen molar-refractivity contribution in [1.29, 1.82) is 0 Å². The van der Waals surface area contributed by atoms with Crippen molar-refractivity contribution in [2.45, 2.75) is 116 Å². The predicted octanol–water partition coefficient (Wildman–Crippen LogP) is 9.25. The van der Waals surface area contributed by atoms with Gasteiger partial charge in [-0.15, -0.1) is 6.58 Å². The van der Waals surface area contributed by atoms with Crippen LogP contribution in [0.4, 0.5) is 0 Å². The third kappa shape index (κ3) is 7.62. The molecule has 2 fully saturated rings. The van der Waals surface area contributed by atoms with Gasteiger partial charge in [-0.25, -0.2) is 0 Å². The molecule has 29 heavy (non-hydrogen) atoms. The largest absolute Gasteiger partial charge is 0.103 e. The quantitative estimate of drug-likeness (QED) is 0.259. The summed E-state index contributed by atoms with van der Waals surface area (Å²) in [4.78, 5) is 0. The molecule has 0 unspecified atom stereocenters. The van der Waals surface area contributed by atoms with Crippen molar-refractivity contribution in [3.8, 4) is 0 Å². The molecule has 2 aliphatic rings. The lowest BCUT2D eigenvalue weighted by Gasteiger charge is -2.29. The average Bonchev–Trinajstić information content (AvgIpc) is 2.78. The molecule has 0 heteroatoms. The molecule has 2 aliphatic carbocycles. The second-order valence-electron chi connectivity index (χ2n) is 10.2. The van der Waals surface area contributed by atoms with Gasteiger partial charge < -0.3 is 0 Å². The van der Waals surface area contributed by atoms with Gasteiger partial charge in [0.1, 0.15) is 0 Å². The van der Waals surface area contributed by atoms with Gasteiger partial charge in [0, 0.05) is 0 Å². The van der Waals surface area contributed by atoms with Crippen molar-refractivity contribution in [3.05, 3.63) is 48.0 Å². The molecule has 3 rings (SSSR count). The molecule has 0 radical (unpaired) electrons. The number of hydrogen-bond donors (Lipinski definition) is 0. The molecule has 0 atom stereocenters. The van der Waals surface area contributed by atoms with E-state index >= 15 is 0 Å². The van der Waals surface area contributed by atoms with E-state index in [1.807, 2.05) is 0 Å². The smallest absolute Gasteiger partial charge is 0.0162 e. The minimum absolute atomic E-state index is 0.818. The molecule has 1 aromatic carbocycles. The summed E-state index contributed by atoms with van der Waals surface area (Å²) in [5.74, 6) is 3.83. The van der Waals surface area contributed by atoms with Crippen LogP contribution in [0.15, 0.2) is 36.9 Å². The predicted molar refractivity (Wildman–Crippen MR) is 128 cm³/mol. The van der Waals surface area contributed by atoms with Gasteiger partial charge in [-0.3, -0.25) is 0 Å². The van der Waals surface area contributed by atoms with Gasteiger partial charge in [0.05, 0.1) is 0 Å². The van der Waals surface area contributed by atoms with Crippen LogP contribution in [-0.2, 0) is 6.42 Å². The molecule has 0 heterocycles. The van der Waals surface area contributed by atoms with Crippen LogP contribution in [0.5, 0.6) is 0 Å². The Balaban J connectivity index is 1.35. The van der Waals surface area contributed by atoms with Gasteiger partial charge >= 0.3 is 0 Å². The van der Waals surface area contributed by atoms with Crippen molar-refractivity contribution in [2.24, 2.45) is 17.8 Å². The second kappa shape index (κ2) is 12.6. The zero-order chi connectivity index (χ0) is 20.3. The summed E-state index contributed by atoms with van der Waals surface area (Å²) in [5.41, 5.74) is 3.18. The molecular formula is C29H46. The SMILES string of the molecule is C=CCCC[C@H]1CC[C@H](c2ccc(CC[C@H]3CC[C@H](CCCC)CC3)cc2)CC1. The van der Waals surface area contributed by atoms with E-state index < -0.39 is 0 Å². The number of rotatable bonds is 11. The van der Waals surface area contributed by atoms with E-state index in [1.54, 1.807) is 11.1 Å². The summed E-state index contributed by atoms with van der Waals surface area (Å²) in [6.45, 7) is 6.18. The number of allylic oxidation sites excluding steroid dienone is 1. The van der Waals surface area contributed by atoms with Crippen LogP contribution in [0.2, 0.25) is 0 Å². The molecule has 2 saturated carbocycles. The van der Waals surface area contributed by atoms with Crippen LogP contribution in [0.25, 0.3) is 0 Å². The van der Waals surface area contributed by atoms with Gasteiger partial charge in [0.25, 0.3) is 0 Å². The summed E-state index contributed by atoms with van der Waals surface area (Å²) in [6, 6.07) is 9.80. The fourth-order valence-electron chi connectivity index (χ4n) is 5.96. The highest BCUT2D eigenvalue weighted by molar-refractivity contribution is 5.26. The van der Waals surface area contributed by atoms with Crippen LogP contribution >= 0.6 is 0 Å². The molecule has 0 spiro atoms. The minimum Gasteiger partial charge on any atom is -0.103 e. The molecular weight excluding hydrogens is 348 g/mol. The lowest BCUT2D eigenvalue weighted by Crippen LogP contribution is -2.15. The first-order valence-corrected chi connectivity index (χ1v) is 13.0. The van der Waals surface area contributed by atoms with Crippen molar-refractivity contribution in [3.63, 3.8) is 0 Å². The molecule has 0 N–H and O–H groups in total. The summed E-state index contributed by atoms with van der Waals surface area (Å²) >= 11 is 0. The van der Waals surface area contributed by atoms with Crippen LogP contribution in [0.1, 0.15) is 120 Å². The standard InChI is InChI=1S/C29H46/c1-3-5-7-9-25-16-20-28(21-17-25)29-22-18-27(19-23-29)15-14-26-12-10-24(11-13-26)8-6-4-2/h3,18-19,22-26,28H,1,4-17,20-21H2,2H3/t24-,25-,26-,28-. The molecule has 0 aromatic heterocycles. The number of aryl methyl sites for hydroxylation is 1. The highest BCUT2D eigenvalue weighted by atomic mass is 14.3. The Morgan fingerprint density at radius 3 is 1.90 bits per heavy atom. The summed E-state index contributed by atoms with van der Waals surface area (Å²) in [5, 5.41) is 0. The van der Waals surface area contributed by atoms with E-state index in [-0.39, 0.29) is 0 Å². The molecule has 0 saturated heterocycles. The highest BCUT2D eigenvalue weighted by Crippen LogP contribution is 2.38. The van der Waals surface area contributed by atoms with E-state index in [4.69, 9.17) is 0 Å². The fourth-order valence-corrected chi connectivity index (χ4v) is 5.96. The van der Waals surface area contributed by atoms with E-state index in [9.17, 15) is 0 Å². The summed E-state index contributed by atoms with van der Waals surface area (Å²) < 4.78 is 0. The Hall–Kier alpha value is -1.04. The maximum atomic E-state index is 3.85. The van der Waals surface area contributed by atoms with Crippen molar-refractivity contribution < 1.29 is 0 Å². The monoisotopic (exact) mass is 394 g/mol. The lowest BCUT2D eigenvalue weighted by molar-refractivity contribution is 0.250. The van der Waals surface area contributed by atoms with Crippen molar-refractivity contribution in [1.82, 2.24) is 0 Å². The average molecular weight is 395 g/mol. The van der Waals surface area contributed by atoms with Gasteiger partial charge in [0.2, 0.25) is 0 Å². The Morgan fingerprint density at radius 2 is 1.31 bits per heavy atom. The third-order valence-corrected chi connectivity index (χ3v) is 8.09. The molecule has 0 bridgehead atoms. The number of unbranched alkanes of at least 4 members (excludes halogenated alkanes) is 2. The Labute approximate surface area is 181 Å². The van der Waals surface area contributed by atoms with E-state index in [0.29, 0.717) is 0 Å². The first-order chi connectivity index (χ1) is 14.3. The molecule has 0 amide bonds. The summed E-state index contributed by atoms with van der Waals surface area (Å²) in [7, 11) is 0. The first-order valence-electron chi connectivity index (χ1n) is 13.0. The fraction of sp³-hybridized carbons (Fsp3) is 0.724. The van der Waals surface area contributed by atoms with E-state index in [0.717, 1.165) is 23.7 Å². The van der Waals surface area contributed by atoms with Crippen molar-refractivity contribution in [2.75, 3.05) is 0 Å². The van der Waals surface area contributed by atoms with Gasteiger partial charge in [0.15, 0.2) is 0 Å². The molecule has 162 valence electrons. The van der Waals surface area contributed by atoms with Gasteiger partial charge in [-0.1, -0.05) is 88.6 Å². The van der Waals surface area contributed by atoms with Crippen molar-refractivity contribution >= 4 is 0 Å². The van der Waals surface area contributed by atoms with Gasteiger partial charge in [-0.2, -0.15) is 0 Å². The molecule has 0 nitrogen and oxygen atoms in total. The molecule has 0 aliphatic heterocycles. The normalized spacial score (nSPS) is 27.6. The topological polar surface area (TPSA) is 0 Å². The Bertz CT molecular complexity index is 552. The Morgan fingerprint density at radius 1 is 0.759 bits per heavy atom. The zero-order valence-corrected chi connectivity index (χ0v) is 19.2. The maximum Gasteiger partial charge on any atom is -0.0162 e. The minimum atomic E-state index is 0.818. The second-order valence-corrected chi connectivity index (χ2v) is 10.2. The highest BCUT2D eigenvalue weighted by Gasteiger charge is 2.22. The number of benzene rings is 1. The van der Waals surface area contributed by atoms with Crippen LogP contribution in [0.3, 0.4) is 0 Å². The maximum absolute atomic E-state index is 3.85. The van der Waals surface area contributed by atoms with Gasteiger partial charge in [-0.05, 0) is 86.2 Å². The molecule has 1 aromatic rings. The number of hydrogen-bond acceptors (Lipinski definition) is 0. The van der Waals surface area contributed by atoms with Crippen LogP contribution in [-0.4, -0.2) is 0 Å². The first kappa shape index (κ1) is 22.6. The van der Waals surface area contributed by atoms with Crippen LogP contribution in [0, 0.1) is 17.8 Å². The van der Waals surface area contributed by atoms with Crippen LogP contribution < -0.4 is 0 Å². The zero-order valence-electron chi connectivity index (χ0n) is 19.2. The van der Waals surface area contributed by atoms with E-state index in [1.165, 1.54) is 103 Å².